The van der Waals surface area contributed by atoms with Crippen LogP contribution in [0.4, 0.5) is 0 Å². The van der Waals surface area contributed by atoms with Crippen molar-refractivity contribution >= 4 is 26.0 Å². The molecule has 0 heterocycles. The number of nitrogens with one attached hydrogen (secondary N) is 1. The summed E-state index contributed by atoms with van der Waals surface area (Å²) in [5.41, 5.74) is 0.0908. The van der Waals surface area contributed by atoms with Gasteiger partial charge in [0.05, 0.1) is 0 Å². The zero-order valence-electron chi connectivity index (χ0n) is 8.72. The minimum atomic E-state index is -3.12. The van der Waals surface area contributed by atoms with E-state index in [0.29, 0.717) is 0 Å². The van der Waals surface area contributed by atoms with E-state index in [2.05, 4.69) is 34.5 Å². The molecule has 5 heteroatoms. The predicted molar refractivity (Wildman–Crippen MR) is 61.9 cm³/mol. The molecule has 3 nitrogen and oxygen atoms in total. The van der Waals surface area contributed by atoms with Gasteiger partial charge in [0.2, 0.25) is 10.0 Å². The van der Waals surface area contributed by atoms with Crippen LogP contribution in [0.2, 0.25) is 0 Å². The first-order valence-electron chi connectivity index (χ1n) is 4.93. The van der Waals surface area contributed by atoms with E-state index in [9.17, 15) is 8.42 Å². The highest BCUT2D eigenvalue weighted by molar-refractivity contribution is 9.10. The van der Waals surface area contributed by atoms with E-state index in [1.807, 2.05) is 0 Å². The third-order valence-corrected chi connectivity index (χ3v) is 5.71. The molecule has 1 unspecified atom stereocenters. The Morgan fingerprint density at radius 2 is 2.07 bits per heavy atom. The SMILES string of the molecule is CC1(C)CCCCC1NS(=O)(=O)CBr. The molecule has 0 saturated heterocycles. The second kappa shape index (κ2) is 4.49. The monoisotopic (exact) mass is 283 g/mol. The fourth-order valence-electron chi connectivity index (χ4n) is 1.96. The van der Waals surface area contributed by atoms with E-state index in [0.717, 1.165) is 19.3 Å². The van der Waals surface area contributed by atoms with Crippen LogP contribution in [0.15, 0.2) is 0 Å². The molecule has 0 aromatic heterocycles. The average Bonchev–Trinajstić information content (AvgIpc) is 2.09. The van der Waals surface area contributed by atoms with Crippen LogP contribution < -0.4 is 4.72 Å². The molecule has 0 aromatic carbocycles. The van der Waals surface area contributed by atoms with Crippen LogP contribution in [-0.4, -0.2) is 19.1 Å². The average molecular weight is 284 g/mol. The van der Waals surface area contributed by atoms with Gasteiger partial charge in [0.25, 0.3) is 0 Å². The molecule has 1 aliphatic rings. The summed E-state index contributed by atoms with van der Waals surface area (Å²) in [6.07, 6.45) is 4.39. The Balaban J connectivity index is 2.67. The molecule has 1 N–H and O–H groups in total. The lowest BCUT2D eigenvalue weighted by molar-refractivity contribution is 0.188. The molecule has 1 rings (SSSR count). The van der Waals surface area contributed by atoms with Crippen molar-refractivity contribution in [2.24, 2.45) is 5.41 Å². The maximum absolute atomic E-state index is 11.4. The summed E-state index contributed by atoms with van der Waals surface area (Å²) in [4.78, 5) is 0. The Kier molecular flexibility index (Phi) is 4.00. The van der Waals surface area contributed by atoms with Crippen molar-refractivity contribution in [3.63, 3.8) is 0 Å². The van der Waals surface area contributed by atoms with Gasteiger partial charge < -0.3 is 0 Å². The third-order valence-electron chi connectivity index (χ3n) is 2.97. The lowest BCUT2D eigenvalue weighted by atomic mass is 9.74. The Labute approximate surface area is 94.8 Å². The smallest absolute Gasteiger partial charge is 0.212 e. The van der Waals surface area contributed by atoms with Gasteiger partial charge >= 0.3 is 0 Å². The molecule has 0 aliphatic heterocycles. The number of sulfonamides is 1. The van der Waals surface area contributed by atoms with E-state index in [1.54, 1.807) is 0 Å². The highest BCUT2D eigenvalue weighted by Crippen LogP contribution is 2.35. The fourth-order valence-corrected chi connectivity index (χ4v) is 3.29. The molecule has 14 heavy (non-hydrogen) atoms. The number of halogens is 1. The number of hydrogen-bond acceptors (Lipinski definition) is 2. The van der Waals surface area contributed by atoms with Gasteiger partial charge in [-0.3, -0.25) is 0 Å². The predicted octanol–water partition coefficient (Wildman–Crippen LogP) is 2.23. The van der Waals surface area contributed by atoms with Gasteiger partial charge in [-0.25, -0.2) is 13.1 Å². The Morgan fingerprint density at radius 1 is 1.43 bits per heavy atom. The molecular weight excluding hydrogens is 266 g/mol. The second-order valence-corrected chi connectivity index (χ2v) is 7.69. The van der Waals surface area contributed by atoms with Crippen LogP contribution in [0.5, 0.6) is 0 Å². The van der Waals surface area contributed by atoms with Gasteiger partial charge in [0, 0.05) is 6.04 Å². The number of alkyl halides is 1. The molecule has 0 bridgehead atoms. The minimum Gasteiger partial charge on any atom is -0.212 e. The summed E-state index contributed by atoms with van der Waals surface area (Å²) < 4.78 is 25.5. The lowest BCUT2D eigenvalue weighted by Crippen LogP contribution is -2.46. The van der Waals surface area contributed by atoms with Crippen molar-refractivity contribution in [1.82, 2.24) is 4.72 Å². The topological polar surface area (TPSA) is 46.2 Å². The highest BCUT2D eigenvalue weighted by Gasteiger charge is 2.34. The molecule has 84 valence electrons. The quantitative estimate of drug-likeness (QED) is 0.808. The van der Waals surface area contributed by atoms with Crippen molar-refractivity contribution in [2.75, 3.05) is 4.66 Å². The van der Waals surface area contributed by atoms with Crippen molar-refractivity contribution in [3.05, 3.63) is 0 Å². The second-order valence-electron chi connectivity index (χ2n) is 4.63. The van der Waals surface area contributed by atoms with E-state index in [4.69, 9.17) is 0 Å². The number of rotatable bonds is 3. The maximum atomic E-state index is 11.4. The van der Waals surface area contributed by atoms with E-state index < -0.39 is 10.0 Å². The van der Waals surface area contributed by atoms with Crippen molar-refractivity contribution in [3.8, 4) is 0 Å². The molecule has 0 spiro atoms. The summed E-state index contributed by atoms with van der Waals surface area (Å²) in [6.45, 7) is 4.27. The Morgan fingerprint density at radius 3 is 2.57 bits per heavy atom. The standard InChI is InChI=1S/C9H18BrNO2S/c1-9(2)6-4-3-5-8(9)11-14(12,13)7-10/h8,11H,3-7H2,1-2H3. The van der Waals surface area contributed by atoms with Gasteiger partial charge in [-0.2, -0.15) is 0 Å². The van der Waals surface area contributed by atoms with Crippen LogP contribution in [0.1, 0.15) is 39.5 Å². The van der Waals surface area contributed by atoms with Crippen LogP contribution >= 0.6 is 15.9 Å². The third kappa shape index (κ3) is 3.21. The maximum Gasteiger partial charge on any atom is 0.221 e. The summed E-state index contributed by atoms with van der Waals surface area (Å²) in [5, 5.41) is 0. The first kappa shape index (κ1) is 12.5. The fraction of sp³-hybridized carbons (Fsp3) is 1.00. The van der Waals surface area contributed by atoms with Gasteiger partial charge in [-0.05, 0) is 18.3 Å². The number of hydrogen-bond donors (Lipinski definition) is 1. The van der Waals surface area contributed by atoms with E-state index in [1.165, 1.54) is 6.42 Å². The Hall–Kier alpha value is 0.390. The minimum absolute atomic E-state index is 0.00736. The zero-order chi connectivity index (χ0) is 10.8. The highest BCUT2D eigenvalue weighted by atomic mass is 79.9. The van der Waals surface area contributed by atoms with Gasteiger partial charge in [-0.1, -0.05) is 42.6 Å². The molecule has 1 saturated carbocycles. The summed E-state index contributed by atoms with van der Waals surface area (Å²) >= 11 is 2.98. The van der Waals surface area contributed by atoms with E-state index in [-0.39, 0.29) is 16.1 Å². The first-order valence-corrected chi connectivity index (χ1v) is 7.71. The van der Waals surface area contributed by atoms with Crippen molar-refractivity contribution in [1.29, 1.82) is 0 Å². The van der Waals surface area contributed by atoms with Crippen LogP contribution in [0.3, 0.4) is 0 Å². The largest absolute Gasteiger partial charge is 0.221 e. The lowest BCUT2D eigenvalue weighted by Gasteiger charge is -2.38. The summed E-state index contributed by atoms with van der Waals surface area (Å²) in [6, 6.07) is 0.0961. The molecule has 0 aromatic rings. The molecular formula is C9H18BrNO2S. The molecule has 0 radical (unpaired) electrons. The van der Waals surface area contributed by atoms with Crippen LogP contribution in [-0.2, 0) is 10.0 Å². The van der Waals surface area contributed by atoms with Crippen molar-refractivity contribution in [2.45, 2.75) is 45.6 Å². The first-order chi connectivity index (χ1) is 6.37. The zero-order valence-corrected chi connectivity index (χ0v) is 11.1. The molecule has 1 aliphatic carbocycles. The molecule has 1 fully saturated rings. The molecule has 1 atom stereocenters. The molecule has 0 amide bonds. The van der Waals surface area contributed by atoms with Crippen LogP contribution in [0.25, 0.3) is 0 Å². The van der Waals surface area contributed by atoms with Gasteiger partial charge in [-0.15, -0.1) is 0 Å². The van der Waals surface area contributed by atoms with Crippen LogP contribution in [0, 0.1) is 5.41 Å². The summed E-state index contributed by atoms with van der Waals surface area (Å²) in [5.74, 6) is 0. The van der Waals surface area contributed by atoms with Gasteiger partial charge in [0.15, 0.2) is 0 Å². The Bertz CT molecular complexity index is 287. The van der Waals surface area contributed by atoms with E-state index >= 15 is 0 Å². The van der Waals surface area contributed by atoms with Crippen molar-refractivity contribution < 1.29 is 8.42 Å². The normalized spacial score (nSPS) is 27.5. The van der Waals surface area contributed by atoms with Gasteiger partial charge in [0.1, 0.15) is 4.66 Å². The summed E-state index contributed by atoms with van der Waals surface area (Å²) in [7, 11) is -3.12.